The molecule has 9 heteroatoms. The average Bonchev–Trinajstić information content (AvgIpc) is 3.76. The molecular formula is C30H39ClN4O4. The number of benzene rings is 2. The van der Waals surface area contributed by atoms with E-state index in [4.69, 9.17) is 16.3 Å². The zero-order valence-corrected chi connectivity index (χ0v) is 23.7. The topological polar surface area (TPSA) is 99.8 Å². The van der Waals surface area contributed by atoms with Crippen molar-refractivity contribution in [1.82, 2.24) is 20.9 Å². The van der Waals surface area contributed by atoms with Crippen LogP contribution in [0.5, 0.6) is 5.75 Å². The Hall–Kier alpha value is -3.10. The Morgan fingerprint density at radius 1 is 1.05 bits per heavy atom. The summed E-state index contributed by atoms with van der Waals surface area (Å²) in [5.41, 5.74) is 2.84. The predicted octanol–water partition coefficient (Wildman–Crippen LogP) is 3.03. The molecule has 1 aliphatic carbocycles. The van der Waals surface area contributed by atoms with E-state index in [2.05, 4.69) is 16.0 Å². The molecule has 3 atom stereocenters. The summed E-state index contributed by atoms with van der Waals surface area (Å²) in [6, 6.07) is 11.6. The highest BCUT2D eigenvalue weighted by molar-refractivity contribution is 6.31. The fraction of sp³-hybridized carbons (Fsp3) is 0.500. The van der Waals surface area contributed by atoms with Crippen LogP contribution in [0.25, 0.3) is 0 Å². The fourth-order valence-corrected chi connectivity index (χ4v) is 5.16. The second-order valence-corrected chi connectivity index (χ2v) is 11.0. The molecule has 210 valence electrons. The molecule has 0 radical (unpaired) electrons. The highest BCUT2D eigenvalue weighted by Gasteiger charge is 2.39. The number of carbonyl (C=O) groups excluding carboxylic acids is 3. The van der Waals surface area contributed by atoms with E-state index in [1.165, 1.54) is 4.90 Å². The summed E-state index contributed by atoms with van der Waals surface area (Å²) < 4.78 is 6.05. The van der Waals surface area contributed by atoms with Crippen LogP contribution in [0.3, 0.4) is 0 Å². The molecule has 0 aromatic heterocycles. The van der Waals surface area contributed by atoms with Crippen LogP contribution in [0.15, 0.2) is 42.5 Å². The normalized spacial score (nSPS) is 24.1. The van der Waals surface area contributed by atoms with E-state index in [0.717, 1.165) is 41.7 Å². The standard InChI is InChI=1S/C30H39ClN4O4/c1-19-10-11-23(24(31)17-19)18-25-29(37)33-14-6-8-21-7-4-5-9-26(21)39-16-15-32-27(22-12-13-22)30(38)35(3)20(2)28(36)34-25/h4-5,7,9-11,17,20,22,25,27,32H,6,8,12-16,18H2,1-3H3,(H,33,37)(H,34,36)/t20-,25-,27+/m1/s1. The lowest BCUT2D eigenvalue weighted by atomic mass is 10.0. The van der Waals surface area contributed by atoms with Crippen LogP contribution in [0, 0.1) is 12.8 Å². The highest BCUT2D eigenvalue weighted by Crippen LogP contribution is 2.33. The number of carbonyl (C=O) groups is 3. The van der Waals surface area contributed by atoms with Crippen molar-refractivity contribution in [2.75, 3.05) is 26.7 Å². The summed E-state index contributed by atoms with van der Waals surface area (Å²) >= 11 is 6.47. The number of fused-ring (bicyclic) bond motifs is 1. The quantitative estimate of drug-likeness (QED) is 0.541. The van der Waals surface area contributed by atoms with E-state index in [9.17, 15) is 14.4 Å². The van der Waals surface area contributed by atoms with E-state index >= 15 is 0 Å². The van der Waals surface area contributed by atoms with Gasteiger partial charge in [-0.15, -0.1) is 0 Å². The first-order valence-electron chi connectivity index (χ1n) is 13.8. The number of rotatable bonds is 3. The minimum atomic E-state index is -0.837. The molecule has 3 N–H and O–H groups in total. The lowest BCUT2D eigenvalue weighted by Crippen LogP contribution is -2.56. The number of hydrogen-bond acceptors (Lipinski definition) is 5. The van der Waals surface area contributed by atoms with Gasteiger partial charge in [0.15, 0.2) is 0 Å². The summed E-state index contributed by atoms with van der Waals surface area (Å²) in [5.74, 6) is 0.247. The third-order valence-electron chi connectivity index (χ3n) is 7.55. The maximum Gasteiger partial charge on any atom is 0.243 e. The van der Waals surface area contributed by atoms with Crippen molar-refractivity contribution in [3.05, 3.63) is 64.2 Å². The summed E-state index contributed by atoms with van der Waals surface area (Å²) in [6.45, 7) is 5.02. The Kier molecular flexibility index (Phi) is 9.86. The van der Waals surface area contributed by atoms with Crippen LogP contribution in [0.2, 0.25) is 5.02 Å². The first-order valence-corrected chi connectivity index (χ1v) is 14.2. The smallest absolute Gasteiger partial charge is 0.243 e. The SMILES string of the molecule is Cc1ccc(C[C@H]2NC(=O)[C@@H](C)N(C)C(=O)[C@H](C3CC3)NCCOc3ccccc3CCCNC2=O)c(Cl)c1. The molecule has 0 spiro atoms. The van der Waals surface area contributed by atoms with Gasteiger partial charge in [-0.2, -0.15) is 0 Å². The molecule has 8 nitrogen and oxygen atoms in total. The number of halogens is 1. The van der Waals surface area contributed by atoms with Crippen LogP contribution in [0.4, 0.5) is 0 Å². The lowest BCUT2D eigenvalue weighted by Gasteiger charge is -2.30. The molecule has 39 heavy (non-hydrogen) atoms. The average molecular weight is 555 g/mol. The number of para-hydroxylation sites is 1. The van der Waals surface area contributed by atoms with Gasteiger partial charge >= 0.3 is 0 Å². The third kappa shape index (κ3) is 7.73. The van der Waals surface area contributed by atoms with Crippen LogP contribution in [-0.4, -0.2) is 67.5 Å². The van der Waals surface area contributed by atoms with E-state index < -0.39 is 12.1 Å². The summed E-state index contributed by atoms with van der Waals surface area (Å²) in [7, 11) is 1.64. The van der Waals surface area contributed by atoms with Crippen LogP contribution in [0.1, 0.15) is 42.9 Å². The van der Waals surface area contributed by atoms with Crippen molar-refractivity contribution in [3.63, 3.8) is 0 Å². The number of hydrogen-bond donors (Lipinski definition) is 3. The van der Waals surface area contributed by atoms with Gasteiger partial charge < -0.3 is 25.6 Å². The number of nitrogens with one attached hydrogen (secondary N) is 3. The molecule has 4 rings (SSSR count). The van der Waals surface area contributed by atoms with E-state index in [-0.39, 0.29) is 36.1 Å². The molecule has 0 unspecified atom stereocenters. The van der Waals surface area contributed by atoms with Gasteiger partial charge in [0.2, 0.25) is 17.7 Å². The molecule has 1 aliphatic heterocycles. The van der Waals surface area contributed by atoms with E-state index in [1.807, 2.05) is 49.4 Å². The lowest BCUT2D eigenvalue weighted by molar-refractivity contribution is -0.141. The number of ether oxygens (including phenoxy) is 1. The van der Waals surface area contributed by atoms with Crippen LogP contribution >= 0.6 is 11.6 Å². The third-order valence-corrected chi connectivity index (χ3v) is 7.90. The Labute approximate surface area is 235 Å². The van der Waals surface area contributed by atoms with Gasteiger partial charge in [0.1, 0.15) is 24.4 Å². The van der Waals surface area contributed by atoms with Gasteiger partial charge in [0.25, 0.3) is 0 Å². The number of amides is 3. The van der Waals surface area contributed by atoms with Crippen LogP contribution < -0.4 is 20.7 Å². The Balaban J connectivity index is 1.56. The minimum absolute atomic E-state index is 0.135. The summed E-state index contributed by atoms with van der Waals surface area (Å²) in [5, 5.41) is 9.78. The van der Waals surface area contributed by atoms with Gasteiger partial charge in [-0.3, -0.25) is 14.4 Å². The number of nitrogens with zero attached hydrogens (tertiary/aromatic N) is 1. The monoisotopic (exact) mass is 554 g/mol. The van der Waals surface area contributed by atoms with Crippen molar-refractivity contribution in [1.29, 1.82) is 0 Å². The predicted molar refractivity (Wildman–Crippen MR) is 152 cm³/mol. The second kappa shape index (κ2) is 13.3. The number of aryl methyl sites for hydroxylation is 2. The Bertz CT molecular complexity index is 1190. The van der Waals surface area contributed by atoms with Crippen molar-refractivity contribution in [3.8, 4) is 5.75 Å². The largest absolute Gasteiger partial charge is 0.492 e. The first-order chi connectivity index (χ1) is 18.7. The molecule has 2 aliphatic rings. The Morgan fingerprint density at radius 3 is 2.56 bits per heavy atom. The second-order valence-electron chi connectivity index (χ2n) is 10.6. The number of likely N-dealkylation sites (N-methyl/N-ethyl adjacent to an activating group) is 1. The van der Waals surface area contributed by atoms with E-state index in [1.54, 1.807) is 14.0 Å². The molecule has 2 aromatic rings. The van der Waals surface area contributed by atoms with Crippen LogP contribution in [-0.2, 0) is 27.2 Å². The molecule has 0 saturated heterocycles. The highest BCUT2D eigenvalue weighted by atomic mass is 35.5. The Morgan fingerprint density at radius 2 is 1.82 bits per heavy atom. The first kappa shape index (κ1) is 28.9. The van der Waals surface area contributed by atoms with E-state index in [0.29, 0.717) is 31.1 Å². The van der Waals surface area contributed by atoms with Gasteiger partial charge in [0.05, 0.1) is 6.04 Å². The molecule has 1 saturated carbocycles. The van der Waals surface area contributed by atoms with Gasteiger partial charge in [-0.05, 0) is 74.3 Å². The summed E-state index contributed by atoms with van der Waals surface area (Å²) in [4.78, 5) is 41.5. The maximum absolute atomic E-state index is 13.4. The van der Waals surface area contributed by atoms with Crippen molar-refractivity contribution in [2.24, 2.45) is 5.92 Å². The molecule has 2 aromatic carbocycles. The van der Waals surface area contributed by atoms with Gasteiger partial charge in [0, 0.05) is 31.6 Å². The zero-order chi connectivity index (χ0) is 27.9. The van der Waals surface area contributed by atoms with Crippen molar-refractivity contribution in [2.45, 2.75) is 64.1 Å². The van der Waals surface area contributed by atoms with Crippen molar-refractivity contribution < 1.29 is 19.1 Å². The summed E-state index contributed by atoms with van der Waals surface area (Å²) in [6.07, 6.45) is 3.63. The molecule has 0 bridgehead atoms. The van der Waals surface area contributed by atoms with Gasteiger partial charge in [-0.25, -0.2) is 0 Å². The molecule has 3 amide bonds. The molecule has 1 fully saturated rings. The van der Waals surface area contributed by atoms with Gasteiger partial charge in [-0.1, -0.05) is 41.9 Å². The maximum atomic E-state index is 13.4. The van der Waals surface area contributed by atoms with Crippen molar-refractivity contribution >= 4 is 29.3 Å². The molecular weight excluding hydrogens is 516 g/mol. The fourth-order valence-electron chi connectivity index (χ4n) is 4.85. The molecule has 1 heterocycles. The zero-order valence-electron chi connectivity index (χ0n) is 23.0. The minimum Gasteiger partial charge on any atom is -0.492 e.